The maximum Gasteiger partial charge on any atom is 0.338 e. The molecular weight excluding hydrogens is 534 g/mol. The fourth-order valence-electron chi connectivity index (χ4n) is 5.13. The van der Waals surface area contributed by atoms with Crippen LogP contribution in [0, 0.1) is 5.92 Å². The largest absolute Gasteiger partial charge is 0.497 e. The number of benzene rings is 1. The number of allylic oxidation sites excluding steroid dienone is 1. The molecule has 0 N–H and O–H groups in total. The van der Waals surface area contributed by atoms with Gasteiger partial charge < -0.3 is 28.7 Å². The van der Waals surface area contributed by atoms with Crippen LogP contribution in [0.4, 0.5) is 0 Å². The molecule has 0 saturated carbocycles. The number of carbonyl (C=O) groups is 3. The average molecular weight is 572 g/mol. The van der Waals surface area contributed by atoms with E-state index in [4.69, 9.17) is 23.9 Å². The molecule has 11 heteroatoms. The van der Waals surface area contributed by atoms with E-state index in [-0.39, 0.29) is 30.3 Å². The van der Waals surface area contributed by atoms with Gasteiger partial charge in [-0.25, -0.2) is 9.79 Å². The van der Waals surface area contributed by atoms with Gasteiger partial charge in [-0.05, 0) is 63.6 Å². The molecule has 216 valence electrons. The number of amidine groups is 1. The Kier molecular flexibility index (Phi) is 9.44. The average Bonchev–Trinajstić information content (AvgIpc) is 3.33. The Morgan fingerprint density at radius 1 is 1.12 bits per heavy atom. The van der Waals surface area contributed by atoms with Gasteiger partial charge in [0.15, 0.2) is 5.17 Å². The highest BCUT2D eigenvalue weighted by atomic mass is 32.2. The SMILES string of the molecule is CCOC(=O)[C@@H]1CCCN(C(=O)CC2=CSC3=NC(C)=C(C(=O)OC(C)C)[C@@H](c4cc(OC)cc(OC)c4)N23)C1. The zero-order chi connectivity index (χ0) is 29.0. The highest BCUT2D eigenvalue weighted by Crippen LogP contribution is 2.46. The Morgan fingerprint density at radius 2 is 1.82 bits per heavy atom. The maximum atomic E-state index is 13.5. The van der Waals surface area contributed by atoms with Crippen LogP contribution in [0.2, 0.25) is 0 Å². The molecule has 3 heterocycles. The Morgan fingerprint density at radius 3 is 2.45 bits per heavy atom. The van der Waals surface area contributed by atoms with Crippen LogP contribution >= 0.6 is 11.8 Å². The van der Waals surface area contributed by atoms with E-state index in [1.54, 1.807) is 52.9 Å². The van der Waals surface area contributed by atoms with Crippen LogP contribution in [0.1, 0.15) is 58.6 Å². The zero-order valence-corrected chi connectivity index (χ0v) is 24.7. The summed E-state index contributed by atoms with van der Waals surface area (Å²) in [4.78, 5) is 47.7. The molecule has 1 saturated heterocycles. The van der Waals surface area contributed by atoms with E-state index in [2.05, 4.69) is 0 Å². The number of hydrogen-bond donors (Lipinski definition) is 0. The normalized spacial score (nSPS) is 20.6. The maximum absolute atomic E-state index is 13.5. The summed E-state index contributed by atoms with van der Waals surface area (Å²) in [5.74, 6) is -0.0165. The second kappa shape index (κ2) is 12.8. The van der Waals surface area contributed by atoms with Gasteiger partial charge in [0.05, 0.1) is 56.6 Å². The van der Waals surface area contributed by atoms with Crippen molar-refractivity contribution in [2.24, 2.45) is 10.9 Å². The molecule has 3 aliphatic rings. The van der Waals surface area contributed by atoms with Gasteiger partial charge in [0.2, 0.25) is 5.91 Å². The molecule has 0 spiro atoms. The minimum absolute atomic E-state index is 0.0880. The number of likely N-dealkylation sites (tertiary alicyclic amines) is 1. The summed E-state index contributed by atoms with van der Waals surface area (Å²) in [6, 6.07) is 4.84. The fraction of sp³-hybridized carbons (Fsp3) is 0.517. The quantitative estimate of drug-likeness (QED) is 0.398. The van der Waals surface area contributed by atoms with Crippen molar-refractivity contribution in [3.8, 4) is 11.5 Å². The van der Waals surface area contributed by atoms with E-state index in [1.165, 1.54) is 11.8 Å². The number of carbonyl (C=O) groups excluding carboxylic acids is 3. The van der Waals surface area contributed by atoms with Gasteiger partial charge in [-0.15, -0.1) is 0 Å². The number of nitrogens with zero attached hydrogens (tertiary/aromatic N) is 3. The number of aliphatic imine (C=N–C) groups is 1. The first-order valence-electron chi connectivity index (χ1n) is 13.5. The Labute approximate surface area is 239 Å². The van der Waals surface area contributed by atoms with Crippen LogP contribution in [-0.4, -0.2) is 72.8 Å². The van der Waals surface area contributed by atoms with Crippen LogP contribution < -0.4 is 9.47 Å². The molecule has 0 aliphatic carbocycles. The number of thioether (sulfide) groups is 1. The second-order valence-corrected chi connectivity index (χ2v) is 10.9. The minimum atomic E-state index is -0.620. The van der Waals surface area contributed by atoms with E-state index in [1.807, 2.05) is 22.4 Å². The number of ether oxygens (including phenoxy) is 4. The fourth-order valence-corrected chi connectivity index (χ4v) is 6.10. The van der Waals surface area contributed by atoms with Crippen molar-refractivity contribution >= 4 is 34.8 Å². The number of rotatable bonds is 9. The Bertz CT molecular complexity index is 1230. The van der Waals surface area contributed by atoms with Crippen LogP contribution in [0.15, 0.2) is 45.6 Å². The molecule has 3 aliphatic heterocycles. The summed E-state index contributed by atoms with van der Waals surface area (Å²) in [6.07, 6.45) is 1.20. The molecule has 0 aromatic heterocycles. The molecule has 4 rings (SSSR count). The molecule has 2 atom stereocenters. The predicted octanol–water partition coefficient (Wildman–Crippen LogP) is 4.42. The van der Waals surface area contributed by atoms with E-state index >= 15 is 0 Å². The molecule has 0 bridgehead atoms. The van der Waals surface area contributed by atoms with Gasteiger partial charge in [-0.2, -0.15) is 0 Å². The summed E-state index contributed by atoms with van der Waals surface area (Å²) in [5, 5.41) is 2.56. The number of methoxy groups -OCH3 is 2. The summed E-state index contributed by atoms with van der Waals surface area (Å²) in [7, 11) is 3.14. The summed E-state index contributed by atoms with van der Waals surface area (Å²) >= 11 is 1.41. The second-order valence-electron chi connectivity index (χ2n) is 10.1. The summed E-state index contributed by atoms with van der Waals surface area (Å²) in [6.45, 7) is 8.40. The number of hydrogen-bond acceptors (Lipinski definition) is 10. The number of fused-ring (bicyclic) bond motifs is 1. The first kappa shape index (κ1) is 29.5. The lowest BCUT2D eigenvalue weighted by Crippen LogP contribution is -2.44. The third-order valence-electron chi connectivity index (χ3n) is 6.98. The van der Waals surface area contributed by atoms with Gasteiger partial charge in [-0.3, -0.25) is 9.59 Å². The lowest BCUT2D eigenvalue weighted by Gasteiger charge is -2.37. The molecule has 0 unspecified atom stereocenters. The van der Waals surface area contributed by atoms with Crippen molar-refractivity contribution in [2.75, 3.05) is 33.9 Å². The van der Waals surface area contributed by atoms with Gasteiger partial charge in [0, 0.05) is 24.9 Å². The lowest BCUT2D eigenvalue weighted by atomic mass is 9.93. The number of piperidine rings is 1. The van der Waals surface area contributed by atoms with Gasteiger partial charge in [0.25, 0.3) is 0 Å². The van der Waals surface area contributed by atoms with Crippen molar-refractivity contribution in [3.05, 3.63) is 46.1 Å². The molecule has 0 radical (unpaired) electrons. The van der Waals surface area contributed by atoms with Crippen molar-refractivity contribution < 1.29 is 33.3 Å². The van der Waals surface area contributed by atoms with Crippen LogP contribution in [-0.2, 0) is 23.9 Å². The predicted molar refractivity (Wildman–Crippen MR) is 152 cm³/mol. The number of esters is 2. The third-order valence-corrected chi connectivity index (χ3v) is 7.87. The van der Waals surface area contributed by atoms with Crippen LogP contribution in [0.25, 0.3) is 0 Å². The topological polar surface area (TPSA) is 107 Å². The lowest BCUT2D eigenvalue weighted by molar-refractivity contribution is -0.151. The summed E-state index contributed by atoms with van der Waals surface area (Å²) < 4.78 is 21.9. The van der Waals surface area contributed by atoms with Crippen LogP contribution in [0.3, 0.4) is 0 Å². The molecule has 1 amide bonds. The first-order chi connectivity index (χ1) is 19.2. The van der Waals surface area contributed by atoms with Crippen molar-refractivity contribution in [3.63, 3.8) is 0 Å². The Hall–Kier alpha value is -3.47. The zero-order valence-electron chi connectivity index (χ0n) is 23.9. The molecule has 1 aromatic carbocycles. The smallest absolute Gasteiger partial charge is 0.338 e. The van der Waals surface area contributed by atoms with Crippen LogP contribution in [0.5, 0.6) is 11.5 Å². The van der Waals surface area contributed by atoms with E-state index < -0.39 is 12.0 Å². The summed E-state index contributed by atoms with van der Waals surface area (Å²) in [5.41, 5.74) is 2.38. The van der Waals surface area contributed by atoms with Gasteiger partial charge in [-0.1, -0.05) is 11.8 Å². The van der Waals surface area contributed by atoms with Crippen molar-refractivity contribution in [2.45, 2.75) is 59.1 Å². The molecular formula is C29H37N3O7S. The van der Waals surface area contributed by atoms with E-state index in [0.29, 0.717) is 59.8 Å². The molecule has 10 nitrogen and oxygen atoms in total. The highest BCUT2D eigenvalue weighted by Gasteiger charge is 2.42. The Balaban J connectivity index is 1.67. The molecule has 1 fully saturated rings. The highest BCUT2D eigenvalue weighted by molar-refractivity contribution is 8.16. The first-order valence-corrected chi connectivity index (χ1v) is 14.4. The van der Waals surface area contributed by atoms with E-state index in [9.17, 15) is 14.4 Å². The number of amides is 1. The van der Waals surface area contributed by atoms with Crippen molar-refractivity contribution in [1.82, 2.24) is 9.80 Å². The molecule has 1 aromatic rings. The van der Waals surface area contributed by atoms with Gasteiger partial charge >= 0.3 is 11.9 Å². The minimum Gasteiger partial charge on any atom is -0.497 e. The monoisotopic (exact) mass is 571 g/mol. The standard InChI is InChI=1S/C29H37N3O7S/c1-7-38-27(34)19-9-8-10-31(15-19)24(33)13-21-16-40-29-30-18(4)25(28(35)39-17(2)3)26(32(21)29)20-11-22(36-5)14-23(12-20)37-6/h11-12,14,16-17,19,26H,7-10,13,15H2,1-6H3/t19-,26-/m1/s1. The molecule has 40 heavy (non-hydrogen) atoms. The van der Waals surface area contributed by atoms with Gasteiger partial charge in [0.1, 0.15) is 11.5 Å². The van der Waals surface area contributed by atoms with E-state index in [0.717, 1.165) is 12.0 Å². The van der Waals surface area contributed by atoms with Crippen molar-refractivity contribution in [1.29, 1.82) is 0 Å². The third kappa shape index (κ3) is 6.29.